The van der Waals surface area contributed by atoms with Crippen LogP contribution in [0.3, 0.4) is 0 Å². The predicted octanol–water partition coefficient (Wildman–Crippen LogP) is 2.05. The maximum absolute atomic E-state index is 5.68. The number of nitrogens with zero attached hydrogens (tertiary/aromatic N) is 2. The third kappa shape index (κ3) is 2.87. The van der Waals surface area contributed by atoms with E-state index in [4.69, 9.17) is 14.2 Å². The van der Waals surface area contributed by atoms with Crippen molar-refractivity contribution in [2.45, 2.75) is 6.42 Å². The van der Waals surface area contributed by atoms with Gasteiger partial charge in [0, 0.05) is 37.8 Å². The highest BCUT2D eigenvalue weighted by Gasteiger charge is 2.07. The molecule has 0 bridgehead atoms. The van der Waals surface area contributed by atoms with Gasteiger partial charge in [0.25, 0.3) is 0 Å². The molecule has 18 heavy (non-hydrogen) atoms. The molecule has 2 aromatic rings. The van der Waals surface area contributed by atoms with Crippen LogP contribution in [0, 0.1) is 0 Å². The lowest BCUT2D eigenvalue weighted by atomic mass is 10.2. The number of ether oxygens (including phenoxy) is 3. The average molecular weight is 248 g/mol. The van der Waals surface area contributed by atoms with Gasteiger partial charge in [-0.3, -0.25) is 0 Å². The van der Waals surface area contributed by atoms with E-state index < -0.39 is 0 Å². The summed E-state index contributed by atoms with van der Waals surface area (Å²) in [7, 11) is 3.29. The van der Waals surface area contributed by atoms with Crippen LogP contribution in [0.2, 0.25) is 0 Å². The van der Waals surface area contributed by atoms with Crippen LogP contribution in [-0.4, -0.2) is 37.4 Å². The molecule has 0 aliphatic carbocycles. The number of methoxy groups -OCH3 is 2. The molecular weight excluding hydrogens is 232 g/mol. The van der Waals surface area contributed by atoms with Gasteiger partial charge in [-0.15, -0.1) is 0 Å². The van der Waals surface area contributed by atoms with Gasteiger partial charge in [-0.1, -0.05) is 0 Å². The lowest BCUT2D eigenvalue weighted by Gasteiger charge is -2.11. The summed E-state index contributed by atoms with van der Waals surface area (Å²) in [6, 6.07) is 3.74. The van der Waals surface area contributed by atoms with Crippen molar-refractivity contribution in [1.29, 1.82) is 0 Å². The third-order valence-corrected chi connectivity index (χ3v) is 2.54. The molecule has 0 aliphatic heterocycles. The Bertz CT molecular complexity index is 517. The van der Waals surface area contributed by atoms with Crippen LogP contribution < -0.4 is 9.47 Å². The fourth-order valence-electron chi connectivity index (χ4n) is 1.65. The molecule has 1 aromatic heterocycles. The van der Waals surface area contributed by atoms with Gasteiger partial charge in [-0.05, 0) is 6.07 Å². The second-order valence-corrected chi connectivity index (χ2v) is 3.78. The first-order valence-electron chi connectivity index (χ1n) is 5.74. The topological polar surface area (TPSA) is 53.5 Å². The van der Waals surface area contributed by atoms with Crippen molar-refractivity contribution in [1.82, 2.24) is 9.97 Å². The highest BCUT2D eigenvalue weighted by atomic mass is 16.5. The minimum Gasteiger partial charge on any atom is -0.493 e. The van der Waals surface area contributed by atoms with Gasteiger partial charge >= 0.3 is 0 Å². The number of fused-ring (bicyclic) bond motifs is 1. The Hall–Kier alpha value is -1.88. The SMILES string of the molecule is COCCCOc1cc2cncnc2cc1OC. The average Bonchev–Trinajstić information content (AvgIpc) is 2.42. The molecule has 0 saturated heterocycles. The smallest absolute Gasteiger partial charge is 0.162 e. The number of aromatic nitrogens is 2. The van der Waals surface area contributed by atoms with Gasteiger partial charge in [0.2, 0.25) is 0 Å². The number of hydrogen-bond acceptors (Lipinski definition) is 5. The zero-order valence-electron chi connectivity index (χ0n) is 10.5. The van der Waals surface area contributed by atoms with E-state index in [2.05, 4.69) is 9.97 Å². The van der Waals surface area contributed by atoms with E-state index in [1.807, 2.05) is 12.1 Å². The molecule has 0 unspecified atom stereocenters. The largest absolute Gasteiger partial charge is 0.493 e. The Morgan fingerprint density at radius 2 is 2.00 bits per heavy atom. The maximum Gasteiger partial charge on any atom is 0.162 e. The van der Waals surface area contributed by atoms with E-state index in [1.54, 1.807) is 20.4 Å². The van der Waals surface area contributed by atoms with E-state index in [0.717, 1.165) is 17.3 Å². The van der Waals surface area contributed by atoms with Gasteiger partial charge in [0.1, 0.15) is 6.33 Å². The normalized spacial score (nSPS) is 10.6. The molecule has 1 heterocycles. The monoisotopic (exact) mass is 248 g/mol. The molecule has 2 rings (SSSR count). The molecule has 0 N–H and O–H groups in total. The van der Waals surface area contributed by atoms with Crippen molar-refractivity contribution < 1.29 is 14.2 Å². The quantitative estimate of drug-likeness (QED) is 0.732. The molecule has 0 fully saturated rings. The lowest BCUT2D eigenvalue weighted by molar-refractivity contribution is 0.170. The Morgan fingerprint density at radius 1 is 1.11 bits per heavy atom. The van der Waals surface area contributed by atoms with E-state index >= 15 is 0 Å². The van der Waals surface area contributed by atoms with Crippen LogP contribution >= 0.6 is 0 Å². The molecule has 5 nitrogen and oxygen atoms in total. The fourth-order valence-corrected chi connectivity index (χ4v) is 1.65. The minimum atomic E-state index is 0.587. The lowest BCUT2D eigenvalue weighted by Crippen LogP contribution is -2.02. The summed E-state index contributed by atoms with van der Waals surface area (Å²) in [4.78, 5) is 8.17. The summed E-state index contributed by atoms with van der Waals surface area (Å²) in [5, 5.41) is 0.931. The van der Waals surface area contributed by atoms with Crippen molar-refractivity contribution in [3.63, 3.8) is 0 Å². The Morgan fingerprint density at radius 3 is 2.78 bits per heavy atom. The second-order valence-electron chi connectivity index (χ2n) is 3.78. The van der Waals surface area contributed by atoms with Crippen LogP contribution in [0.25, 0.3) is 10.9 Å². The van der Waals surface area contributed by atoms with Crippen LogP contribution in [-0.2, 0) is 4.74 Å². The van der Waals surface area contributed by atoms with Crippen molar-refractivity contribution in [2.75, 3.05) is 27.4 Å². The Balaban J connectivity index is 2.19. The maximum atomic E-state index is 5.68. The predicted molar refractivity (Wildman–Crippen MR) is 68.1 cm³/mol. The van der Waals surface area contributed by atoms with Crippen LogP contribution in [0.5, 0.6) is 11.5 Å². The Kier molecular flexibility index (Phi) is 4.30. The van der Waals surface area contributed by atoms with Gasteiger partial charge in [-0.25, -0.2) is 9.97 Å². The molecular formula is C13H16N2O3. The summed E-state index contributed by atoms with van der Waals surface area (Å²) in [6.45, 7) is 1.27. The summed E-state index contributed by atoms with van der Waals surface area (Å²) in [5.74, 6) is 1.38. The van der Waals surface area contributed by atoms with Crippen molar-refractivity contribution >= 4 is 10.9 Å². The first-order valence-corrected chi connectivity index (χ1v) is 5.74. The minimum absolute atomic E-state index is 0.587. The summed E-state index contributed by atoms with van der Waals surface area (Å²) in [5.41, 5.74) is 0.839. The summed E-state index contributed by atoms with van der Waals surface area (Å²) < 4.78 is 15.9. The summed E-state index contributed by atoms with van der Waals surface area (Å²) >= 11 is 0. The van der Waals surface area contributed by atoms with Crippen LogP contribution in [0.4, 0.5) is 0 Å². The zero-order valence-corrected chi connectivity index (χ0v) is 10.5. The molecule has 0 spiro atoms. The molecule has 0 saturated carbocycles. The Labute approximate surface area is 106 Å². The van der Waals surface area contributed by atoms with Crippen molar-refractivity contribution in [2.24, 2.45) is 0 Å². The standard InChI is InChI=1S/C13H16N2O3/c1-16-4-3-5-18-13-6-10-8-14-9-15-11(10)7-12(13)17-2/h6-9H,3-5H2,1-2H3. The molecule has 0 aliphatic rings. The van der Waals surface area contributed by atoms with Crippen LogP contribution in [0.15, 0.2) is 24.7 Å². The van der Waals surface area contributed by atoms with Crippen molar-refractivity contribution in [3.05, 3.63) is 24.7 Å². The van der Waals surface area contributed by atoms with Crippen molar-refractivity contribution in [3.8, 4) is 11.5 Å². The van der Waals surface area contributed by atoms with E-state index in [1.165, 1.54) is 6.33 Å². The highest BCUT2D eigenvalue weighted by Crippen LogP contribution is 2.31. The first-order chi connectivity index (χ1) is 8.85. The van der Waals surface area contributed by atoms with E-state index in [0.29, 0.717) is 24.7 Å². The molecule has 5 heteroatoms. The number of benzene rings is 1. The second kappa shape index (κ2) is 6.16. The highest BCUT2D eigenvalue weighted by molar-refractivity contribution is 5.81. The molecule has 1 aromatic carbocycles. The number of hydrogen-bond donors (Lipinski definition) is 0. The molecule has 0 atom stereocenters. The van der Waals surface area contributed by atoms with Gasteiger partial charge in [-0.2, -0.15) is 0 Å². The molecule has 96 valence electrons. The van der Waals surface area contributed by atoms with Gasteiger partial charge < -0.3 is 14.2 Å². The van der Waals surface area contributed by atoms with Crippen LogP contribution in [0.1, 0.15) is 6.42 Å². The third-order valence-electron chi connectivity index (χ3n) is 2.54. The zero-order chi connectivity index (χ0) is 12.8. The van der Waals surface area contributed by atoms with Gasteiger partial charge in [0.05, 0.1) is 19.2 Å². The molecule has 0 radical (unpaired) electrons. The first kappa shape index (κ1) is 12.6. The van der Waals surface area contributed by atoms with E-state index in [9.17, 15) is 0 Å². The molecule has 0 amide bonds. The summed E-state index contributed by atoms with van der Waals surface area (Å²) in [6.07, 6.45) is 4.10. The fraction of sp³-hybridized carbons (Fsp3) is 0.385. The van der Waals surface area contributed by atoms with Gasteiger partial charge in [0.15, 0.2) is 11.5 Å². The van der Waals surface area contributed by atoms with E-state index in [-0.39, 0.29) is 0 Å². The number of rotatable bonds is 6.